The molecule has 5 heteroatoms. The molecule has 0 aliphatic rings. The Bertz CT molecular complexity index is 623. The van der Waals surface area contributed by atoms with Crippen LogP contribution in [0.2, 0.25) is 0 Å². The molecule has 0 aliphatic heterocycles. The van der Waals surface area contributed by atoms with Gasteiger partial charge in [-0.1, -0.05) is 34.1 Å². The summed E-state index contributed by atoms with van der Waals surface area (Å²) >= 11 is 9.67. The van der Waals surface area contributed by atoms with Crippen molar-refractivity contribution in [3.8, 4) is 5.75 Å². The first kappa shape index (κ1) is 15.3. The smallest absolute Gasteiger partial charge is 0.134 e. The Kier molecular flexibility index (Phi) is 4.66. The Hall–Kier alpha value is -1.13. The highest BCUT2D eigenvalue weighted by molar-refractivity contribution is 9.10. The van der Waals surface area contributed by atoms with Crippen molar-refractivity contribution in [2.75, 3.05) is 7.11 Å². The fraction of sp³-hybridized carbons (Fsp3) is 0.200. The molecule has 0 fully saturated rings. The predicted molar refractivity (Wildman–Crippen MR) is 79.5 cm³/mol. The molecule has 1 nitrogen and oxygen atoms in total. The van der Waals surface area contributed by atoms with Crippen molar-refractivity contribution < 1.29 is 13.5 Å². The molecule has 0 saturated heterocycles. The topological polar surface area (TPSA) is 9.23 Å². The van der Waals surface area contributed by atoms with Crippen LogP contribution in [0.25, 0.3) is 0 Å². The van der Waals surface area contributed by atoms with E-state index in [4.69, 9.17) is 16.3 Å². The number of alkyl halides is 1. The van der Waals surface area contributed by atoms with E-state index in [0.29, 0.717) is 5.56 Å². The van der Waals surface area contributed by atoms with E-state index in [1.54, 1.807) is 12.1 Å². The highest BCUT2D eigenvalue weighted by atomic mass is 79.9. The number of methoxy groups -OCH3 is 1. The van der Waals surface area contributed by atoms with Crippen molar-refractivity contribution >= 4 is 27.5 Å². The maximum absolute atomic E-state index is 14.0. The predicted octanol–water partition coefficient (Wildman–Crippen LogP) is 5.37. The molecule has 2 rings (SSSR count). The second-order valence-electron chi connectivity index (χ2n) is 4.35. The standard InChI is InChI=1S/C15H12BrClF2O/c1-8-4-3-5-10(14(8)16)15(17)13-11(18)6-9(20-2)7-12(13)19/h3-7,15H,1-2H3. The summed E-state index contributed by atoms with van der Waals surface area (Å²) in [4.78, 5) is 0. The summed E-state index contributed by atoms with van der Waals surface area (Å²) in [5.74, 6) is -1.33. The van der Waals surface area contributed by atoms with Crippen LogP contribution in [0.5, 0.6) is 5.75 Å². The first-order valence-corrected chi connectivity index (χ1v) is 7.10. The number of benzene rings is 2. The van der Waals surface area contributed by atoms with Gasteiger partial charge in [0.2, 0.25) is 0 Å². The lowest BCUT2D eigenvalue weighted by molar-refractivity contribution is 0.405. The first-order valence-electron chi connectivity index (χ1n) is 5.87. The van der Waals surface area contributed by atoms with Crippen LogP contribution < -0.4 is 4.74 Å². The van der Waals surface area contributed by atoms with Crippen LogP contribution in [-0.2, 0) is 0 Å². The van der Waals surface area contributed by atoms with Gasteiger partial charge < -0.3 is 4.74 Å². The lowest BCUT2D eigenvalue weighted by atomic mass is 10.0. The molecule has 1 atom stereocenters. The van der Waals surface area contributed by atoms with E-state index in [9.17, 15) is 8.78 Å². The maximum Gasteiger partial charge on any atom is 0.134 e. The van der Waals surface area contributed by atoms with Gasteiger partial charge in [0.1, 0.15) is 17.4 Å². The monoisotopic (exact) mass is 360 g/mol. The van der Waals surface area contributed by atoms with Gasteiger partial charge in [-0.15, -0.1) is 11.6 Å². The van der Waals surface area contributed by atoms with Gasteiger partial charge in [0.25, 0.3) is 0 Å². The quantitative estimate of drug-likeness (QED) is 0.668. The van der Waals surface area contributed by atoms with E-state index in [0.717, 1.165) is 22.2 Å². The summed E-state index contributed by atoms with van der Waals surface area (Å²) in [5.41, 5.74) is 1.39. The SMILES string of the molecule is COc1cc(F)c(C(Cl)c2cccc(C)c2Br)c(F)c1. The zero-order valence-electron chi connectivity index (χ0n) is 10.9. The van der Waals surface area contributed by atoms with Gasteiger partial charge in [-0.25, -0.2) is 8.78 Å². The summed E-state index contributed by atoms with van der Waals surface area (Å²) in [7, 11) is 1.35. The number of aryl methyl sites for hydroxylation is 1. The summed E-state index contributed by atoms with van der Waals surface area (Å²) in [6, 6.07) is 7.66. The lowest BCUT2D eigenvalue weighted by Crippen LogP contribution is -2.03. The van der Waals surface area contributed by atoms with Crippen molar-refractivity contribution in [2.45, 2.75) is 12.3 Å². The van der Waals surface area contributed by atoms with Gasteiger partial charge in [0, 0.05) is 22.2 Å². The molecule has 0 spiro atoms. The molecule has 0 aliphatic carbocycles. The van der Waals surface area contributed by atoms with E-state index < -0.39 is 17.0 Å². The Labute approximate surface area is 129 Å². The third-order valence-electron chi connectivity index (χ3n) is 3.04. The Morgan fingerprint density at radius 2 is 1.80 bits per heavy atom. The molecule has 2 aromatic carbocycles. The molecule has 0 bridgehead atoms. The zero-order valence-corrected chi connectivity index (χ0v) is 13.2. The number of halogens is 4. The maximum atomic E-state index is 14.0. The number of hydrogen-bond acceptors (Lipinski definition) is 1. The molecule has 0 heterocycles. The van der Waals surface area contributed by atoms with Crippen LogP contribution in [-0.4, -0.2) is 7.11 Å². The number of hydrogen-bond donors (Lipinski definition) is 0. The van der Waals surface area contributed by atoms with Crippen LogP contribution in [0.15, 0.2) is 34.8 Å². The molecule has 106 valence electrons. The minimum Gasteiger partial charge on any atom is -0.497 e. The molecule has 20 heavy (non-hydrogen) atoms. The fourth-order valence-electron chi connectivity index (χ4n) is 1.94. The van der Waals surface area contributed by atoms with E-state index in [-0.39, 0.29) is 11.3 Å². The van der Waals surface area contributed by atoms with Crippen LogP contribution in [0.4, 0.5) is 8.78 Å². The zero-order chi connectivity index (χ0) is 14.9. The summed E-state index contributed by atoms with van der Waals surface area (Å²) in [6.07, 6.45) is 0. The van der Waals surface area contributed by atoms with Crippen molar-refractivity contribution in [3.05, 3.63) is 63.1 Å². The molecular formula is C15H12BrClF2O. The number of ether oxygens (including phenoxy) is 1. The van der Waals surface area contributed by atoms with E-state index >= 15 is 0 Å². The van der Waals surface area contributed by atoms with Crippen LogP contribution in [0.3, 0.4) is 0 Å². The second kappa shape index (κ2) is 6.10. The summed E-state index contributed by atoms with van der Waals surface area (Å²) in [6.45, 7) is 1.89. The minimum atomic E-state index is -0.921. The molecule has 2 aromatic rings. The third kappa shape index (κ3) is 2.81. The lowest BCUT2D eigenvalue weighted by Gasteiger charge is -2.16. The van der Waals surface area contributed by atoms with E-state index in [1.807, 2.05) is 13.0 Å². The Balaban J connectivity index is 2.54. The average Bonchev–Trinajstić information content (AvgIpc) is 2.40. The van der Waals surface area contributed by atoms with E-state index in [1.165, 1.54) is 7.11 Å². The molecule has 0 amide bonds. The fourth-order valence-corrected chi connectivity index (χ4v) is 2.96. The van der Waals surface area contributed by atoms with Gasteiger partial charge in [0.05, 0.1) is 12.5 Å². The molecule has 0 aromatic heterocycles. The van der Waals surface area contributed by atoms with Gasteiger partial charge in [-0.2, -0.15) is 0 Å². The van der Waals surface area contributed by atoms with E-state index in [2.05, 4.69) is 15.9 Å². The third-order valence-corrected chi connectivity index (χ3v) is 4.57. The second-order valence-corrected chi connectivity index (χ2v) is 5.57. The molecule has 0 radical (unpaired) electrons. The van der Waals surface area contributed by atoms with Gasteiger partial charge >= 0.3 is 0 Å². The van der Waals surface area contributed by atoms with Crippen LogP contribution in [0, 0.1) is 18.6 Å². The van der Waals surface area contributed by atoms with Crippen molar-refractivity contribution in [1.29, 1.82) is 0 Å². The average molecular weight is 362 g/mol. The number of rotatable bonds is 3. The van der Waals surface area contributed by atoms with Gasteiger partial charge in [-0.3, -0.25) is 0 Å². The van der Waals surface area contributed by atoms with Crippen molar-refractivity contribution in [1.82, 2.24) is 0 Å². The van der Waals surface area contributed by atoms with Gasteiger partial charge in [-0.05, 0) is 18.1 Å². The van der Waals surface area contributed by atoms with Crippen molar-refractivity contribution in [3.63, 3.8) is 0 Å². The largest absolute Gasteiger partial charge is 0.497 e. The highest BCUT2D eigenvalue weighted by Gasteiger charge is 2.23. The van der Waals surface area contributed by atoms with Crippen LogP contribution in [0.1, 0.15) is 22.1 Å². The van der Waals surface area contributed by atoms with Gasteiger partial charge in [0.15, 0.2) is 0 Å². The molecule has 0 N–H and O–H groups in total. The first-order chi connectivity index (χ1) is 9.45. The van der Waals surface area contributed by atoms with Crippen molar-refractivity contribution in [2.24, 2.45) is 0 Å². The molecular weight excluding hydrogens is 350 g/mol. The van der Waals surface area contributed by atoms with Crippen LogP contribution >= 0.6 is 27.5 Å². The summed E-state index contributed by atoms with van der Waals surface area (Å²) < 4.78 is 33.7. The Morgan fingerprint density at radius 1 is 1.20 bits per heavy atom. The Morgan fingerprint density at radius 3 is 2.35 bits per heavy atom. The minimum absolute atomic E-state index is 0.121. The molecule has 1 unspecified atom stereocenters. The summed E-state index contributed by atoms with van der Waals surface area (Å²) in [5, 5.41) is -0.921. The highest BCUT2D eigenvalue weighted by Crippen LogP contribution is 2.38. The molecule has 0 saturated carbocycles. The normalized spacial score (nSPS) is 12.3.